The lowest BCUT2D eigenvalue weighted by Gasteiger charge is -2.25. The number of rotatable bonds is 7. The van der Waals surface area contributed by atoms with Gasteiger partial charge in [-0.05, 0) is 44.1 Å². The highest BCUT2D eigenvalue weighted by Gasteiger charge is 2.28. The van der Waals surface area contributed by atoms with Crippen LogP contribution >= 0.6 is 11.3 Å². The van der Waals surface area contributed by atoms with E-state index in [0.717, 1.165) is 43.0 Å². The number of nitrogens with zero attached hydrogens (tertiary/aromatic N) is 1. The first-order valence-electron chi connectivity index (χ1n) is 7.56. The molecule has 3 rings (SSSR count). The summed E-state index contributed by atoms with van der Waals surface area (Å²) in [6.45, 7) is 1.97. The normalized spacial score (nSPS) is 17.2. The fourth-order valence-electron chi connectivity index (χ4n) is 2.79. The van der Waals surface area contributed by atoms with Crippen molar-refractivity contribution in [1.82, 2.24) is 9.62 Å². The van der Waals surface area contributed by atoms with Crippen LogP contribution in [0.25, 0.3) is 0 Å². The molecule has 0 aromatic carbocycles. The number of carboxylic acid groups (broad SMARTS) is 1. The molecule has 1 aliphatic heterocycles. The molecule has 2 aromatic heterocycles. The molecule has 130 valence electrons. The number of thiophene rings is 1. The molecule has 1 atom stereocenters. The van der Waals surface area contributed by atoms with E-state index in [9.17, 15) is 13.2 Å². The molecule has 0 radical (unpaired) electrons. The van der Waals surface area contributed by atoms with Gasteiger partial charge in [-0.2, -0.15) is 0 Å². The predicted molar refractivity (Wildman–Crippen MR) is 88.7 cm³/mol. The zero-order valence-electron chi connectivity index (χ0n) is 12.8. The van der Waals surface area contributed by atoms with Crippen LogP contribution in [0.5, 0.6) is 0 Å². The van der Waals surface area contributed by atoms with Crippen molar-refractivity contribution in [2.45, 2.75) is 23.8 Å². The van der Waals surface area contributed by atoms with Gasteiger partial charge in [-0.3, -0.25) is 4.90 Å². The second kappa shape index (κ2) is 7.06. The molecule has 0 spiro atoms. The standard InChI is InChI=1S/C15H18N2O5S2/c18-15(19)14-8-11(10-23-14)24(20,21)16-9-12(13-4-3-7-22-13)17-5-1-2-6-17/h3-4,7-8,10,12,16H,1-2,5-6,9H2,(H,18,19). The Balaban J connectivity index is 1.74. The summed E-state index contributed by atoms with van der Waals surface area (Å²) in [6.07, 6.45) is 3.73. The summed E-state index contributed by atoms with van der Waals surface area (Å²) in [5.41, 5.74) is 0. The van der Waals surface area contributed by atoms with E-state index in [0.29, 0.717) is 0 Å². The predicted octanol–water partition coefficient (Wildman–Crippen LogP) is 2.15. The maximum Gasteiger partial charge on any atom is 0.345 e. The smallest absolute Gasteiger partial charge is 0.345 e. The molecule has 2 N–H and O–H groups in total. The van der Waals surface area contributed by atoms with Crippen LogP contribution in [-0.4, -0.2) is 44.0 Å². The van der Waals surface area contributed by atoms with Crippen molar-refractivity contribution in [1.29, 1.82) is 0 Å². The van der Waals surface area contributed by atoms with Crippen molar-refractivity contribution in [2.75, 3.05) is 19.6 Å². The molecule has 0 aliphatic carbocycles. The van der Waals surface area contributed by atoms with Crippen LogP contribution in [0.4, 0.5) is 0 Å². The van der Waals surface area contributed by atoms with E-state index in [1.54, 1.807) is 12.3 Å². The van der Waals surface area contributed by atoms with E-state index in [-0.39, 0.29) is 22.4 Å². The van der Waals surface area contributed by atoms with Crippen molar-refractivity contribution < 1.29 is 22.7 Å². The van der Waals surface area contributed by atoms with E-state index in [2.05, 4.69) is 9.62 Å². The van der Waals surface area contributed by atoms with Gasteiger partial charge in [0.1, 0.15) is 10.6 Å². The third-order valence-electron chi connectivity index (χ3n) is 4.02. The van der Waals surface area contributed by atoms with Gasteiger partial charge in [0, 0.05) is 11.9 Å². The molecule has 9 heteroatoms. The molecule has 7 nitrogen and oxygen atoms in total. The lowest BCUT2D eigenvalue weighted by atomic mass is 10.2. The first-order chi connectivity index (χ1) is 11.5. The maximum absolute atomic E-state index is 12.4. The number of carbonyl (C=O) groups is 1. The topological polar surface area (TPSA) is 99.8 Å². The lowest BCUT2D eigenvalue weighted by Crippen LogP contribution is -2.36. The van der Waals surface area contributed by atoms with E-state index >= 15 is 0 Å². The molecule has 24 heavy (non-hydrogen) atoms. The Kier molecular flexibility index (Phi) is 5.04. The molecular weight excluding hydrogens is 352 g/mol. The molecule has 1 saturated heterocycles. The summed E-state index contributed by atoms with van der Waals surface area (Å²) < 4.78 is 32.9. The Hall–Kier alpha value is -1.68. The molecule has 0 amide bonds. The summed E-state index contributed by atoms with van der Waals surface area (Å²) in [7, 11) is -3.76. The largest absolute Gasteiger partial charge is 0.477 e. The van der Waals surface area contributed by atoms with E-state index in [4.69, 9.17) is 9.52 Å². The van der Waals surface area contributed by atoms with Crippen LogP contribution in [0, 0.1) is 0 Å². The summed E-state index contributed by atoms with van der Waals surface area (Å²) in [5, 5.41) is 10.3. The number of nitrogens with one attached hydrogen (secondary N) is 1. The van der Waals surface area contributed by atoms with Gasteiger partial charge in [-0.25, -0.2) is 17.9 Å². The number of hydrogen-bond donors (Lipinski definition) is 2. The van der Waals surface area contributed by atoms with Gasteiger partial charge in [-0.15, -0.1) is 11.3 Å². The van der Waals surface area contributed by atoms with Crippen molar-refractivity contribution >= 4 is 27.3 Å². The lowest BCUT2D eigenvalue weighted by molar-refractivity contribution is 0.0702. The summed E-state index contributed by atoms with van der Waals surface area (Å²) in [4.78, 5) is 13.1. The average Bonchev–Trinajstić information content (AvgIpc) is 3.30. The van der Waals surface area contributed by atoms with Crippen molar-refractivity contribution in [2.24, 2.45) is 0 Å². The van der Waals surface area contributed by atoms with Crippen LogP contribution in [0.2, 0.25) is 0 Å². The second-order valence-electron chi connectivity index (χ2n) is 5.58. The van der Waals surface area contributed by atoms with Crippen LogP contribution in [0.3, 0.4) is 0 Å². The molecule has 1 unspecified atom stereocenters. The highest BCUT2D eigenvalue weighted by atomic mass is 32.2. The van der Waals surface area contributed by atoms with Crippen molar-refractivity contribution in [3.63, 3.8) is 0 Å². The number of hydrogen-bond acceptors (Lipinski definition) is 6. The highest BCUT2D eigenvalue weighted by molar-refractivity contribution is 7.89. The SMILES string of the molecule is O=C(O)c1cc(S(=O)(=O)NCC(c2ccco2)N2CCCC2)cs1. The van der Waals surface area contributed by atoms with Crippen LogP contribution in [0.1, 0.15) is 34.3 Å². The monoisotopic (exact) mass is 370 g/mol. The number of aromatic carboxylic acids is 1. The minimum absolute atomic E-state index is 0.00231. The molecule has 0 saturated carbocycles. The quantitative estimate of drug-likeness (QED) is 0.775. The second-order valence-corrected chi connectivity index (χ2v) is 8.26. The van der Waals surface area contributed by atoms with E-state index in [1.165, 1.54) is 11.4 Å². The van der Waals surface area contributed by atoms with Crippen LogP contribution < -0.4 is 4.72 Å². The van der Waals surface area contributed by atoms with E-state index < -0.39 is 16.0 Å². The third-order valence-corrected chi connectivity index (χ3v) is 6.49. The molecule has 1 fully saturated rings. The molecule has 3 heterocycles. The highest BCUT2D eigenvalue weighted by Crippen LogP contribution is 2.26. The number of carboxylic acids is 1. The minimum Gasteiger partial charge on any atom is -0.477 e. The van der Waals surface area contributed by atoms with Crippen molar-refractivity contribution in [3.05, 3.63) is 40.5 Å². The number of likely N-dealkylation sites (tertiary alicyclic amines) is 1. The van der Waals surface area contributed by atoms with Gasteiger partial charge < -0.3 is 9.52 Å². The fraction of sp³-hybridized carbons (Fsp3) is 0.400. The van der Waals surface area contributed by atoms with Crippen molar-refractivity contribution in [3.8, 4) is 0 Å². The number of sulfonamides is 1. The Morgan fingerprint density at radius 2 is 2.17 bits per heavy atom. The summed E-state index contributed by atoms with van der Waals surface area (Å²) >= 11 is 0.894. The van der Waals surface area contributed by atoms with Gasteiger partial charge in [0.25, 0.3) is 0 Å². The zero-order chi connectivity index (χ0) is 17.2. The minimum atomic E-state index is -3.76. The average molecular weight is 370 g/mol. The molecule has 0 bridgehead atoms. The van der Waals surface area contributed by atoms with Gasteiger partial charge in [0.05, 0.1) is 17.2 Å². The Morgan fingerprint density at radius 1 is 1.42 bits per heavy atom. The summed E-state index contributed by atoms with van der Waals surface area (Å²) in [5.74, 6) is -0.414. The zero-order valence-corrected chi connectivity index (χ0v) is 14.5. The first kappa shape index (κ1) is 17.2. The third kappa shape index (κ3) is 3.69. The summed E-state index contributed by atoms with van der Waals surface area (Å²) in [6, 6.07) is 4.62. The Bertz CT molecular complexity index is 792. The van der Waals surface area contributed by atoms with Gasteiger partial charge in [0.2, 0.25) is 10.0 Å². The maximum atomic E-state index is 12.4. The van der Waals surface area contributed by atoms with Crippen LogP contribution in [0.15, 0.2) is 39.2 Å². The fourth-order valence-corrected chi connectivity index (χ4v) is 4.94. The van der Waals surface area contributed by atoms with Gasteiger partial charge >= 0.3 is 5.97 Å². The molecular formula is C15H18N2O5S2. The molecule has 2 aromatic rings. The number of furan rings is 1. The van der Waals surface area contributed by atoms with E-state index in [1.807, 2.05) is 6.07 Å². The first-order valence-corrected chi connectivity index (χ1v) is 9.92. The molecule has 1 aliphatic rings. The van der Waals surface area contributed by atoms with Crippen LogP contribution in [-0.2, 0) is 10.0 Å². The Morgan fingerprint density at radius 3 is 2.75 bits per heavy atom. The van der Waals surface area contributed by atoms with Gasteiger partial charge in [0.15, 0.2) is 0 Å². The Labute approximate surface area is 143 Å². The van der Waals surface area contributed by atoms with Gasteiger partial charge in [-0.1, -0.05) is 0 Å².